The van der Waals surface area contributed by atoms with Gasteiger partial charge in [-0.1, -0.05) is 24.9 Å². The number of halogens is 1. The van der Waals surface area contributed by atoms with Crippen LogP contribution in [0, 0.1) is 0 Å². The Kier molecular flexibility index (Phi) is 9.12. The third-order valence-electron chi connectivity index (χ3n) is 4.90. The minimum Gasteiger partial charge on any atom is -0.493 e. The number of nitrogens with zero attached hydrogens (tertiary/aromatic N) is 3. The third-order valence-corrected chi connectivity index (χ3v) is 5.21. The summed E-state index contributed by atoms with van der Waals surface area (Å²) in [7, 11) is 5.54. The highest BCUT2D eigenvalue weighted by molar-refractivity contribution is 6.33. The van der Waals surface area contributed by atoms with Crippen molar-refractivity contribution in [3.63, 3.8) is 0 Å². The Bertz CT molecular complexity index is 1130. The van der Waals surface area contributed by atoms with Crippen LogP contribution in [0.4, 0.5) is 10.5 Å². The molecule has 2 amide bonds. The van der Waals surface area contributed by atoms with Gasteiger partial charge < -0.3 is 29.7 Å². The Morgan fingerprint density at radius 2 is 1.97 bits per heavy atom. The fraction of sp³-hybridized carbons (Fsp3) is 0.375. The summed E-state index contributed by atoms with van der Waals surface area (Å²) in [5, 5.41) is 6.53. The molecular formula is C24H30ClN5O4. The average molecular weight is 488 g/mol. The number of fused-ring (bicyclic) bond motifs is 1. The van der Waals surface area contributed by atoms with Gasteiger partial charge in [-0.15, -0.1) is 0 Å². The van der Waals surface area contributed by atoms with E-state index in [1.807, 2.05) is 19.0 Å². The van der Waals surface area contributed by atoms with Gasteiger partial charge in [0, 0.05) is 25.2 Å². The standard InChI is InChI=1S/C24H30ClN5O4/c1-5-6-9-26-24(31)29-19-8-7-16(12-18(19)25)34-23-17-13-21(32-4)22(33-11-10-30(2)3)14-20(17)27-15-28-23/h7-8,12-15H,5-6,9-11H2,1-4H3,(H2,26,29,31). The number of rotatable bonds is 11. The number of carbonyl (C=O) groups is 1. The molecule has 0 atom stereocenters. The average Bonchev–Trinajstić information content (AvgIpc) is 2.80. The summed E-state index contributed by atoms with van der Waals surface area (Å²) >= 11 is 6.36. The number of methoxy groups -OCH3 is 1. The third kappa shape index (κ3) is 6.85. The van der Waals surface area contributed by atoms with Gasteiger partial charge in [0.15, 0.2) is 11.5 Å². The topological polar surface area (TPSA) is 97.8 Å². The first kappa shape index (κ1) is 25.3. The maximum Gasteiger partial charge on any atom is 0.319 e. The van der Waals surface area contributed by atoms with Crippen molar-refractivity contribution in [2.75, 3.05) is 46.2 Å². The van der Waals surface area contributed by atoms with E-state index in [4.69, 9.17) is 25.8 Å². The molecule has 0 fully saturated rings. The highest BCUT2D eigenvalue weighted by Crippen LogP contribution is 2.37. The molecule has 0 saturated carbocycles. The summed E-state index contributed by atoms with van der Waals surface area (Å²) < 4.78 is 17.4. The predicted molar refractivity (Wildman–Crippen MR) is 134 cm³/mol. The molecule has 3 aromatic rings. The van der Waals surface area contributed by atoms with Gasteiger partial charge in [-0.2, -0.15) is 0 Å². The molecule has 0 aliphatic heterocycles. The molecule has 34 heavy (non-hydrogen) atoms. The predicted octanol–water partition coefficient (Wildman–Crippen LogP) is 4.95. The minimum absolute atomic E-state index is 0.304. The summed E-state index contributed by atoms with van der Waals surface area (Å²) in [6.07, 6.45) is 3.34. The number of anilines is 1. The van der Waals surface area contributed by atoms with E-state index < -0.39 is 0 Å². The molecule has 0 spiro atoms. The van der Waals surface area contributed by atoms with Crippen LogP contribution in [0.5, 0.6) is 23.1 Å². The monoisotopic (exact) mass is 487 g/mol. The Morgan fingerprint density at radius 1 is 1.15 bits per heavy atom. The molecule has 3 rings (SSSR count). The van der Waals surface area contributed by atoms with Crippen LogP contribution in [0.3, 0.4) is 0 Å². The minimum atomic E-state index is -0.304. The normalized spacial score (nSPS) is 10.9. The van der Waals surface area contributed by atoms with Crippen LogP contribution in [0.2, 0.25) is 5.02 Å². The zero-order valence-electron chi connectivity index (χ0n) is 19.9. The first-order valence-electron chi connectivity index (χ1n) is 11.0. The number of hydrogen-bond acceptors (Lipinski definition) is 7. The van der Waals surface area contributed by atoms with Crippen molar-refractivity contribution in [1.82, 2.24) is 20.2 Å². The van der Waals surface area contributed by atoms with Crippen molar-refractivity contribution in [3.05, 3.63) is 41.7 Å². The second-order valence-electron chi connectivity index (χ2n) is 7.83. The molecule has 0 unspecified atom stereocenters. The number of likely N-dealkylation sites (N-methyl/N-ethyl adjacent to an activating group) is 1. The quantitative estimate of drug-likeness (QED) is 0.369. The largest absolute Gasteiger partial charge is 0.493 e. The number of unbranched alkanes of at least 4 members (excludes halogenated alkanes) is 1. The molecule has 0 aliphatic rings. The van der Waals surface area contributed by atoms with Crippen molar-refractivity contribution >= 4 is 34.2 Å². The number of amides is 2. The van der Waals surface area contributed by atoms with E-state index >= 15 is 0 Å². The van der Waals surface area contributed by atoms with Crippen LogP contribution in [-0.2, 0) is 0 Å². The summed E-state index contributed by atoms with van der Waals surface area (Å²) in [6, 6.07) is 8.28. The smallest absolute Gasteiger partial charge is 0.319 e. The zero-order valence-corrected chi connectivity index (χ0v) is 20.6. The molecule has 1 aromatic heterocycles. The van der Waals surface area contributed by atoms with Crippen molar-refractivity contribution < 1.29 is 19.0 Å². The molecule has 0 saturated heterocycles. The number of aromatic nitrogens is 2. The molecule has 0 bridgehead atoms. The van der Waals surface area contributed by atoms with Crippen molar-refractivity contribution in [2.45, 2.75) is 19.8 Å². The highest BCUT2D eigenvalue weighted by atomic mass is 35.5. The molecular weight excluding hydrogens is 458 g/mol. The van der Waals surface area contributed by atoms with Crippen LogP contribution >= 0.6 is 11.6 Å². The van der Waals surface area contributed by atoms with Gasteiger partial charge in [-0.05, 0) is 38.7 Å². The number of nitrogens with one attached hydrogen (secondary N) is 2. The Hall–Kier alpha value is -3.30. The van der Waals surface area contributed by atoms with Crippen molar-refractivity contribution in [1.29, 1.82) is 0 Å². The lowest BCUT2D eigenvalue weighted by Gasteiger charge is -2.15. The van der Waals surface area contributed by atoms with E-state index in [1.54, 1.807) is 37.4 Å². The van der Waals surface area contributed by atoms with Gasteiger partial charge >= 0.3 is 6.03 Å². The fourth-order valence-corrected chi connectivity index (χ4v) is 3.27. The maximum absolute atomic E-state index is 12.0. The lowest BCUT2D eigenvalue weighted by molar-refractivity contribution is 0.251. The van der Waals surface area contributed by atoms with E-state index in [0.29, 0.717) is 57.9 Å². The lowest BCUT2D eigenvalue weighted by Crippen LogP contribution is -2.29. The molecule has 2 N–H and O–H groups in total. The van der Waals surface area contributed by atoms with Crippen LogP contribution in [0.15, 0.2) is 36.7 Å². The van der Waals surface area contributed by atoms with Gasteiger partial charge in [0.2, 0.25) is 5.88 Å². The van der Waals surface area contributed by atoms with Gasteiger partial charge in [0.25, 0.3) is 0 Å². The van der Waals surface area contributed by atoms with E-state index in [1.165, 1.54) is 6.33 Å². The number of urea groups is 1. The molecule has 2 aromatic carbocycles. The summed E-state index contributed by atoms with van der Waals surface area (Å²) in [4.78, 5) is 22.6. The first-order chi connectivity index (χ1) is 16.4. The summed E-state index contributed by atoms with van der Waals surface area (Å²) in [5.74, 6) is 1.96. The SMILES string of the molecule is CCCCNC(=O)Nc1ccc(Oc2ncnc3cc(OCCN(C)C)c(OC)cc23)cc1Cl. The van der Waals surface area contributed by atoms with Crippen LogP contribution in [-0.4, -0.2) is 61.8 Å². The Morgan fingerprint density at radius 3 is 2.68 bits per heavy atom. The van der Waals surface area contributed by atoms with Gasteiger partial charge in [-0.3, -0.25) is 0 Å². The number of ether oxygens (including phenoxy) is 3. The Balaban J connectivity index is 1.77. The molecule has 0 radical (unpaired) electrons. The molecule has 182 valence electrons. The van der Waals surface area contributed by atoms with E-state index in [9.17, 15) is 4.79 Å². The van der Waals surface area contributed by atoms with E-state index in [-0.39, 0.29) is 6.03 Å². The molecule has 0 aliphatic carbocycles. The van der Waals surface area contributed by atoms with Gasteiger partial charge in [-0.25, -0.2) is 14.8 Å². The molecule has 10 heteroatoms. The molecule has 9 nitrogen and oxygen atoms in total. The summed E-state index contributed by atoms with van der Waals surface area (Å²) in [5.41, 5.74) is 1.13. The zero-order chi connectivity index (χ0) is 24.5. The molecule has 1 heterocycles. The lowest BCUT2D eigenvalue weighted by atomic mass is 10.2. The maximum atomic E-state index is 12.0. The van der Waals surface area contributed by atoms with Gasteiger partial charge in [0.05, 0.1) is 28.7 Å². The van der Waals surface area contributed by atoms with Crippen LogP contribution in [0.25, 0.3) is 10.9 Å². The second kappa shape index (κ2) is 12.2. The first-order valence-corrected chi connectivity index (χ1v) is 11.4. The summed E-state index contributed by atoms with van der Waals surface area (Å²) in [6.45, 7) is 3.95. The highest BCUT2D eigenvalue weighted by Gasteiger charge is 2.14. The van der Waals surface area contributed by atoms with E-state index in [2.05, 4.69) is 27.5 Å². The fourth-order valence-electron chi connectivity index (χ4n) is 3.05. The number of benzene rings is 2. The number of hydrogen-bond donors (Lipinski definition) is 2. The van der Waals surface area contributed by atoms with Crippen LogP contribution < -0.4 is 24.8 Å². The van der Waals surface area contributed by atoms with Crippen LogP contribution in [0.1, 0.15) is 19.8 Å². The Labute approximate surface area is 204 Å². The van der Waals surface area contributed by atoms with Crippen molar-refractivity contribution in [2.24, 2.45) is 0 Å². The van der Waals surface area contributed by atoms with Crippen molar-refractivity contribution in [3.8, 4) is 23.1 Å². The van der Waals surface area contributed by atoms with E-state index in [0.717, 1.165) is 19.4 Å². The number of carbonyl (C=O) groups excluding carboxylic acids is 1. The van der Waals surface area contributed by atoms with Gasteiger partial charge in [0.1, 0.15) is 18.7 Å². The second-order valence-corrected chi connectivity index (χ2v) is 8.24.